The fraction of sp³-hybridized carbons (Fsp3) is 0.400. The van der Waals surface area contributed by atoms with E-state index in [0.717, 1.165) is 11.1 Å². The number of amidine groups is 1. The van der Waals surface area contributed by atoms with Crippen LogP contribution in [-0.4, -0.2) is 53.2 Å². The smallest absolute Gasteiger partial charge is 0.269 e. The van der Waals surface area contributed by atoms with E-state index in [1.807, 2.05) is 75.4 Å². The van der Waals surface area contributed by atoms with E-state index in [-0.39, 0.29) is 24.3 Å². The third-order valence-electron chi connectivity index (χ3n) is 5.50. The standard InChI is InChI=1S/C25H32N4O3/c1-18(2)23(28(15-7-14-26)25(31)21-12-10-19(3)11-13-21)24-27-32-17-22(30)29(24)16-20-8-5-4-6-9-20/h4-6,8-13,18,23H,7,14-17,26H2,1-3H3. The molecule has 0 saturated carbocycles. The van der Waals surface area contributed by atoms with Crippen LogP contribution in [0.2, 0.25) is 0 Å². The lowest BCUT2D eigenvalue weighted by atomic mass is 9.97. The third-order valence-corrected chi connectivity index (χ3v) is 5.50. The fourth-order valence-corrected chi connectivity index (χ4v) is 3.85. The minimum Gasteiger partial charge on any atom is -0.384 e. The van der Waals surface area contributed by atoms with E-state index in [4.69, 9.17) is 10.6 Å². The first-order valence-electron chi connectivity index (χ1n) is 11.0. The number of benzene rings is 2. The van der Waals surface area contributed by atoms with Crippen LogP contribution in [0.5, 0.6) is 0 Å². The fourth-order valence-electron chi connectivity index (χ4n) is 3.85. The lowest BCUT2D eigenvalue weighted by molar-refractivity contribution is -0.135. The molecule has 0 saturated heterocycles. The van der Waals surface area contributed by atoms with Gasteiger partial charge in [0.25, 0.3) is 11.8 Å². The molecule has 0 radical (unpaired) electrons. The van der Waals surface area contributed by atoms with E-state index in [9.17, 15) is 9.59 Å². The molecular formula is C25H32N4O3. The molecule has 0 aromatic heterocycles. The van der Waals surface area contributed by atoms with Crippen LogP contribution in [0.1, 0.15) is 41.8 Å². The van der Waals surface area contributed by atoms with Crippen LogP contribution in [-0.2, 0) is 16.2 Å². The van der Waals surface area contributed by atoms with E-state index in [2.05, 4.69) is 5.16 Å². The molecule has 0 spiro atoms. The second kappa shape index (κ2) is 10.9. The van der Waals surface area contributed by atoms with Crippen LogP contribution >= 0.6 is 0 Å². The van der Waals surface area contributed by atoms with Crippen molar-refractivity contribution < 1.29 is 14.4 Å². The van der Waals surface area contributed by atoms with Gasteiger partial charge in [0, 0.05) is 12.1 Å². The first-order valence-corrected chi connectivity index (χ1v) is 11.0. The monoisotopic (exact) mass is 436 g/mol. The molecule has 1 heterocycles. The average Bonchev–Trinajstić information content (AvgIpc) is 2.79. The predicted octanol–water partition coefficient (Wildman–Crippen LogP) is 3.18. The summed E-state index contributed by atoms with van der Waals surface area (Å²) in [4.78, 5) is 35.1. The Hall–Kier alpha value is -3.19. The van der Waals surface area contributed by atoms with Crippen LogP contribution in [0.15, 0.2) is 59.8 Å². The minimum absolute atomic E-state index is 0.00584. The third kappa shape index (κ3) is 5.53. The van der Waals surface area contributed by atoms with E-state index < -0.39 is 6.04 Å². The zero-order valence-electron chi connectivity index (χ0n) is 19.0. The van der Waals surface area contributed by atoms with Crippen LogP contribution in [0, 0.1) is 12.8 Å². The lowest BCUT2D eigenvalue weighted by Crippen LogP contribution is -2.57. The Kier molecular flexibility index (Phi) is 8.00. The maximum absolute atomic E-state index is 13.6. The van der Waals surface area contributed by atoms with E-state index in [1.54, 1.807) is 9.80 Å². The molecule has 7 nitrogen and oxygen atoms in total. The molecule has 2 aromatic rings. The van der Waals surface area contributed by atoms with Crippen molar-refractivity contribution in [2.75, 3.05) is 19.7 Å². The summed E-state index contributed by atoms with van der Waals surface area (Å²) in [7, 11) is 0. The number of nitrogens with two attached hydrogens (primary N) is 1. The summed E-state index contributed by atoms with van der Waals surface area (Å²) >= 11 is 0. The summed E-state index contributed by atoms with van der Waals surface area (Å²) < 4.78 is 0. The van der Waals surface area contributed by atoms with Crippen molar-refractivity contribution in [3.63, 3.8) is 0 Å². The van der Waals surface area contributed by atoms with Gasteiger partial charge in [-0.25, -0.2) is 0 Å². The molecule has 1 aliphatic heterocycles. The highest BCUT2D eigenvalue weighted by Gasteiger charge is 2.38. The molecule has 2 N–H and O–H groups in total. The Morgan fingerprint density at radius 2 is 1.84 bits per heavy atom. The molecule has 0 bridgehead atoms. The quantitative estimate of drug-likeness (QED) is 0.654. The van der Waals surface area contributed by atoms with Crippen molar-refractivity contribution in [2.24, 2.45) is 16.8 Å². The number of oxime groups is 1. The molecule has 2 aromatic carbocycles. The summed E-state index contributed by atoms with van der Waals surface area (Å²) in [5.74, 6) is 0.162. The highest BCUT2D eigenvalue weighted by Crippen LogP contribution is 2.23. The van der Waals surface area contributed by atoms with Crippen molar-refractivity contribution in [3.05, 3.63) is 71.3 Å². The highest BCUT2D eigenvalue weighted by molar-refractivity contribution is 6.05. The van der Waals surface area contributed by atoms with Gasteiger partial charge in [0.1, 0.15) is 0 Å². The second-order valence-electron chi connectivity index (χ2n) is 8.38. The number of carbonyl (C=O) groups excluding carboxylic acids is 2. The van der Waals surface area contributed by atoms with Crippen LogP contribution < -0.4 is 5.73 Å². The SMILES string of the molecule is Cc1ccc(C(=O)N(CCCN)C(C2=NOCC(=O)N2Cc2ccccc2)C(C)C)cc1. The van der Waals surface area contributed by atoms with Crippen molar-refractivity contribution in [3.8, 4) is 0 Å². The molecule has 7 heteroatoms. The van der Waals surface area contributed by atoms with Crippen LogP contribution in [0.25, 0.3) is 0 Å². The second-order valence-corrected chi connectivity index (χ2v) is 8.38. The Bertz CT molecular complexity index is 941. The van der Waals surface area contributed by atoms with Gasteiger partial charge >= 0.3 is 0 Å². The highest BCUT2D eigenvalue weighted by atomic mass is 16.6. The Morgan fingerprint density at radius 1 is 1.16 bits per heavy atom. The average molecular weight is 437 g/mol. The number of aryl methyl sites for hydroxylation is 1. The summed E-state index contributed by atoms with van der Waals surface area (Å²) in [5, 5.41) is 4.29. The zero-order valence-corrected chi connectivity index (χ0v) is 19.0. The van der Waals surface area contributed by atoms with Gasteiger partial charge in [-0.15, -0.1) is 0 Å². The molecular weight excluding hydrogens is 404 g/mol. The maximum atomic E-state index is 13.6. The van der Waals surface area contributed by atoms with Gasteiger partial charge in [0.05, 0.1) is 12.6 Å². The van der Waals surface area contributed by atoms with Crippen molar-refractivity contribution in [1.82, 2.24) is 9.80 Å². The first kappa shape index (κ1) is 23.5. The number of hydrogen-bond donors (Lipinski definition) is 1. The van der Waals surface area contributed by atoms with Crippen molar-refractivity contribution >= 4 is 17.6 Å². The Morgan fingerprint density at radius 3 is 2.47 bits per heavy atom. The maximum Gasteiger partial charge on any atom is 0.269 e. The van der Waals surface area contributed by atoms with Gasteiger partial charge < -0.3 is 15.5 Å². The number of rotatable bonds is 9. The molecule has 32 heavy (non-hydrogen) atoms. The lowest BCUT2D eigenvalue weighted by Gasteiger charge is -2.39. The number of amides is 2. The summed E-state index contributed by atoms with van der Waals surface area (Å²) in [6.45, 7) is 7.19. The van der Waals surface area contributed by atoms with Crippen LogP contribution in [0.4, 0.5) is 0 Å². The molecule has 1 aliphatic rings. The van der Waals surface area contributed by atoms with Gasteiger partial charge in [-0.3, -0.25) is 14.5 Å². The van der Waals surface area contributed by atoms with E-state index >= 15 is 0 Å². The molecule has 170 valence electrons. The molecule has 1 unspecified atom stereocenters. The summed E-state index contributed by atoms with van der Waals surface area (Å²) in [6.07, 6.45) is 0.640. The number of hydrogen-bond acceptors (Lipinski definition) is 5. The van der Waals surface area contributed by atoms with Crippen molar-refractivity contribution in [1.29, 1.82) is 0 Å². The van der Waals surface area contributed by atoms with Gasteiger partial charge in [-0.2, -0.15) is 0 Å². The first-order chi connectivity index (χ1) is 15.4. The largest absolute Gasteiger partial charge is 0.384 e. The number of nitrogens with zero attached hydrogens (tertiary/aromatic N) is 3. The van der Waals surface area contributed by atoms with Crippen molar-refractivity contribution in [2.45, 2.75) is 39.8 Å². The van der Waals surface area contributed by atoms with Gasteiger partial charge in [-0.05, 0) is 43.5 Å². The molecule has 1 atom stereocenters. The van der Waals surface area contributed by atoms with Gasteiger partial charge in [-0.1, -0.05) is 67.0 Å². The number of carbonyl (C=O) groups is 2. The molecule has 0 fully saturated rings. The summed E-state index contributed by atoms with van der Waals surface area (Å²) in [5.41, 5.74) is 8.44. The summed E-state index contributed by atoms with van der Waals surface area (Å²) in [6, 6.07) is 16.8. The molecule has 3 rings (SSSR count). The van der Waals surface area contributed by atoms with Gasteiger partial charge in [0.15, 0.2) is 12.4 Å². The Labute approximate surface area is 189 Å². The predicted molar refractivity (Wildman–Crippen MR) is 125 cm³/mol. The van der Waals surface area contributed by atoms with E-state index in [1.165, 1.54) is 0 Å². The molecule has 2 amide bonds. The zero-order chi connectivity index (χ0) is 23.1. The van der Waals surface area contributed by atoms with Crippen LogP contribution in [0.3, 0.4) is 0 Å². The van der Waals surface area contributed by atoms with Gasteiger partial charge in [0.2, 0.25) is 0 Å². The normalized spacial score (nSPS) is 14.7. The topological polar surface area (TPSA) is 88.2 Å². The van der Waals surface area contributed by atoms with E-state index in [0.29, 0.717) is 37.5 Å². The Balaban J connectivity index is 1.98. The molecule has 0 aliphatic carbocycles. The minimum atomic E-state index is -0.441.